The van der Waals surface area contributed by atoms with Gasteiger partial charge in [-0.15, -0.1) is 94.1 Å². The lowest BCUT2D eigenvalue weighted by atomic mass is 9.90. The number of rotatable bonds is 52. The molecule has 0 unspecified atom stereocenters. The first kappa shape index (κ1) is 111. The molecule has 0 saturated heterocycles. The van der Waals surface area contributed by atoms with Crippen LogP contribution < -0.4 is 0 Å². The number of hydrogen-bond acceptors (Lipinski definition) is 20. The van der Waals surface area contributed by atoms with Crippen LogP contribution in [0.25, 0.3) is 0 Å². The van der Waals surface area contributed by atoms with Crippen molar-refractivity contribution >= 4 is 181 Å². The Bertz CT molecular complexity index is 1700. The van der Waals surface area contributed by atoms with Crippen LogP contribution in [0.2, 0.25) is 0 Å². The van der Waals surface area contributed by atoms with Crippen LogP contribution in [0.1, 0.15) is 368 Å². The van der Waals surface area contributed by atoms with Gasteiger partial charge >= 0.3 is 23.9 Å². The van der Waals surface area contributed by atoms with E-state index >= 15 is 0 Å². The molecule has 0 saturated carbocycles. The number of thioether (sulfide) groups is 8. The fraction of sp³-hybridized carbons (Fsp3) is 0.901. The van der Waals surface area contributed by atoms with E-state index < -0.39 is 51.0 Å². The standard InChI is InChI=1S/C25H44O8.4C14H28S3/c1-21(2,3)17(26)30-13-25(14-31-18(27)22(4,5)6,15-32-19(28)23(7,8)9)16-33-20(29)24(10,11)12;4*1-3-4-5-6-7-8-9-10-11-12-13-17-14(15)16-2/h13-16H2,1-12H3;4*3-13H2,1-2H3. The topological polar surface area (TPSA) is 105 Å². The number of unbranched alkanes of at least 4 members (excludes halogenated alkanes) is 36. The van der Waals surface area contributed by atoms with E-state index in [1.165, 1.54) is 280 Å². The highest BCUT2D eigenvalue weighted by Gasteiger charge is 2.42. The Morgan fingerprint density at radius 1 is 0.238 bits per heavy atom. The average Bonchev–Trinajstić information content (AvgIpc) is 0.833. The van der Waals surface area contributed by atoms with E-state index in [1.807, 2.05) is 47.0 Å². The maximum absolute atomic E-state index is 12.5. The lowest BCUT2D eigenvalue weighted by Crippen LogP contribution is -2.46. The van der Waals surface area contributed by atoms with Gasteiger partial charge in [0, 0.05) is 0 Å². The number of thiocarbonyl (C=S) groups is 4. The second-order valence-corrected chi connectivity index (χ2v) is 43.2. The van der Waals surface area contributed by atoms with Crippen molar-refractivity contribution in [3.8, 4) is 0 Å². The molecule has 0 aliphatic carbocycles. The van der Waals surface area contributed by atoms with Gasteiger partial charge in [-0.2, -0.15) is 0 Å². The van der Waals surface area contributed by atoms with Gasteiger partial charge in [0.25, 0.3) is 0 Å². The van der Waals surface area contributed by atoms with Crippen molar-refractivity contribution in [2.45, 2.75) is 368 Å². The zero-order chi connectivity index (χ0) is 77.5. The van der Waals surface area contributed by atoms with Gasteiger partial charge in [0.1, 0.15) is 46.0 Å². The molecule has 0 aromatic heterocycles. The lowest BCUT2D eigenvalue weighted by molar-refractivity contribution is -0.181. The quantitative estimate of drug-likeness (QED) is 0.0249. The lowest BCUT2D eigenvalue weighted by Gasteiger charge is -2.34. The largest absolute Gasteiger partial charge is 0.464 e. The zero-order valence-corrected chi connectivity index (χ0v) is 78.4. The molecule has 0 bridgehead atoms. The molecule has 20 heteroatoms. The van der Waals surface area contributed by atoms with Crippen molar-refractivity contribution in [1.82, 2.24) is 0 Å². The summed E-state index contributed by atoms with van der Waals surface area (Å²) in [6, 6.07) is 0. The van der Waals surface area contributed by atoms with Crippen LogP contribution in [0.5, 0.6) is 0 Å². The Balaban J connectivity index is -0.000000394. The summed E-state index contributed by atoms with van der Waals surface area (Å²) in [5, 5.41) is 0. The van der Waals surface area contributed by atoms with Gasteiger partial charge in [-0.1, -0.05) is 308 Å². The Kier molecular flexibility index (Phi) is 83.7. The number of carbonyl (C=O) groups is 4. The summed E-state index contributed by atoms with van der Waals surface area (Å²) in [4.78, 5) is 49.8. The first-order valence-corrected chi connectivity index (χ1v) is 49.7. The summed E-state index contributed by atoms with van der Waals surface area (Å²) in [5.74, 6) is 2.92. The summed E-state index contributed by atoms with van der Waals surface area (Å²) < 4.78 is 26.4. The third-order valence-electron chi connectivity index (χ3n) is 16.0. The summed E-state index contributed by atoms with van der Waals surface area (Å²) in [5.41, 5.74) is -4.39. The number of hydrogen-bond donors (Lipinski definition) is 0. The van der Waals surface area contributed by atoms with Crippen molar-refractivity contribution in [3.05, 3.63) is 0 Å². The Hall–Kier alpha value is 1.04. The molecule has 0 spiro atoms. The highest BCUT2D eigenvalue weighted by atomic mass is 32.2. The Morgan fingerprint density at radius 2 is 0.366 bits per heavy atom. The number of ether oxygens (including phenoxy) is 4. The molecule has 0 aromatic rings. The van der Waals surface area contributed by atoms with Crippen LogP contribution in [-0.2, 0) is 38.1 Å². The molecular formula is C81H156O8S12. The monoisotopic (exact) mass is 1640 g/mol. The third-order valence-corrected chi connectivity index (χ3v) is 27.1. The minimum Gasteiger partial charge on any atom is -0.464 e. The predicted molar refractivity (Wildman–Crippen MR) is 486 cm³/mol. The maximum atomic E-state index is 12.5. The summed E-state index contributed by atoms with van der Waals surface area (Å²) in [6.45, 7) is 28.5. The first-order chi connectivity index (χ1) is 47.7. The van der Waals surface area contributed by atoms with E-state index in [0.29, 0.717) is 0 Å². The molecule has 101 heavy (non-hydrogen) atoms. The smallest absolute Gasteiger partial charge is 0.311 e. The molecule has 0 heterocycles. The summed E-state index contributed by atoms with van der Waals surface area (Å²) in [7, 11) is 0. The number of carbonyl (C=O) groups excluding carboxylic acids is 4. The van der Waals surface area contributed by atoms with Crippen molar-refractivity contribution < 1.29 is 38.1 Å². The van der Waals surface area contributed by atoms with Crippen molar-refractivity contribution in [3.63, 3.8) is 0 Å². The van der Waals surface area contributed by atoms with Crippen LogP contribution in [0.3, 0.4) is 0 Å². The maximum Gasteiger partial charge on any atom is 0.311 e. The van der Waals surface area contributed by atoms with Crippen LogP contribution in [-0.4, -0.2) is 112 Å². The fourth-order valence-electron chi connectivity index (χ4n) is 9.21. The van der Waals surface area contributed by atoms with Crippen molar-refractivity contribution in [2.24, 2.45) is 27.1 Å². The molecule has 0 fully saturated rings. The molecule has 0 amide bonds. The molecule has 0 atom stereocenters. The highest BCUT2D eigenvalue weighted by Crippen LogP contribution is 2.30. The minimum atomic E-state index is -1.27. The second kappa shape index (κ2) is 76.4. The molecule has 0 aromatic carbocycles. The minimum absolute atomic E-state index is 0.268. The molecule has 8 nitrogen and oxygen atoms in total. The van der Waals surface area contributed by atoms with E-state index in [0.717, 1.165) is 14.1 Å². The van der Waals surface area contributed by atoms with Crippen LogP contribution >= 0.6 is 143 Å². The van der Waals surface area contributed by atoms with Crippen molar-refractivity contribution in [2.75, 3.05) is 74.5 Å². The normalized spacial score (nSPS) is 11.5. The van der Waals surface area contributed by atoms with Crippen LogP contribution in [0, 0.1) is 27.1 Å². The average molecular weight is 1640 g/mol. The molecule has 600 valence electrons. The van der Waals surface area contributed by atoms with Crippen molar-refractivity contribution in [1.29, 1.82) is 0 Å². The highest BCUT2D eigenvalue weighted by molar-refractivity contribution is 8.48. The van der Waals surface area contributed by atoms with Crippen LogP contribution in [0.15, 0.2) is 0 Å². The molecule has 0 aliphatic heterocycles. The van der Waals surface area contributed by atoms with E-state index in [9.17, 15) is 19.2 Å². The zero-order valence-electron chi connectivity index (χ0n) is 68.6. The van der Waals surface area contributed by atoms with E-state index in [1.54, 1.807) is 130 Å². The van der Waals surface area contributed by atoms with Gasteiger partial charge in [-0.25, -0.2) is 0 Å². The van der Waals surface area contributed by atoms with Gasteiger partial charge in [-0.3, -0.25) is 19.2 Å². The SMILES string of the molecule is CC(C)(C)C(=O)OCC(COC(=O)C(C)(C)C)(COC(=O)C(C)(C)C)COC(=O)C(C)(C)C.CCCCCCCCCCCCSC(=S)SC.CCCCCCCCCCCCSC(=S)SC.CCCCCCCCCCCCSC(=S)SC.CCCCCCCCCCCCSC(=S)SC. The summed E-state index contributed by atoms with van der Waals surface area (Å²) >= 11 is 34.8. The Labute approximate surface area is 681 Å². The Morgan fingerprint density at radius 3 is 0.485 bits per heavy atom. The molecule has 0 radical (unpaired) electrons. The molecule has 0 aliphatic rings. The fourth-order valence-corrected chi connectivity index (χ4v) is 15.2. The van der Waals surface area contributed by atoms with Gasteiger partial charge in [-0.05, 0) is 157 Å². The van der Waals surface area contributed by atoms with Gasteiger partial charge in [0.15, 0.2) is 0 Å². The van der Waals surface area contributed by atoms with Crippen LogP contribution in [0.4, 0.5) is 0 Å². The van der Waals surface area contributed by atoms with Gasteiger partial charge in [0.05, 0.1) is 21.7 Å². The predicted octanol–water partition coefficient (Wildman–Crippen LogP) is 29.5. The van der Waals surface area contributed by atoms with E-state index in [4.69, 9.17) is 67.8 Å². The molecule has 0 N–H and O–H groups in total. The first-order valence-electron chi connectivity index (χ1n) is 39.3. The molecular weight excluding hydrogens is 1490 g/mol. The summed E-state index contributed by atoms with van der Waals surface area (Å²) in [6.07, 6.45) is 64.8. The molecule has 0 rings (SSSR count). The van der Waals surface area contributed by atoms with Gasteiger partial charge < -0.3 is 18.9 Å². The third kappa shape index (κ3) is 83.4. The van der Waals surface area contributed by atoms with E-state index in [-0.39, 0.29) is 26.4 Å². The van der Waals surface area contributed by atoms with E-state index in [2.05, 4.69) is 52.7 Å². The second-order valence-electron chi connectivity index (χ2n) is 30.7. The van der Waals surface area contributed by atoms with Gasteiger partial charge in [0.2, 0.25) is 0 Å². The number of esters is 4.